The van der Waals surface area contributed by atoms with E-state index in [1.54, 1.807) is 0 Å². The van der Waals surface area contributed by atoms with Gasteiger partial charge in [-0.2, -0.15) is 0 Å². The van der Waals surface area contributed by atoms with Gasteiger partial charge in [0.15, 0.2) is 0 Å². The quantitative estimate of drug-likeness (QED) is 0.803. The Labute approximate surface area is 124 Å². The van der Waals surface area contributed by atoms with E-state index in [0.29, 0.717) is 25.5 Å². The van der Waals surface area contributed by atoms with Crippen LogP contribution in [0.2, 0.25) is 0 Å². The second-order valence-corrected chi connectivity index (χ2v) is 4.74. The summed E-state index contributed by atoms with van der Waals surface area (Å²) in [5.74, 6) is 1.55. The zero-order chi connectivity index (χ0) is 15.1. The van der Waals surface area contributed by atoms with Gasteiger partial charge < -0.3 is 15.2 Å². The van der Waals surface area contributed by atoms with Gasteiger partial charge in [-0.25, -0.2) is 4.63 Å². The smallest absolute Gasteiger partial charge is 0.145 e. The van der Waals surface area contributed by atoms with Gasteiger partial charge in [-0.1, -0.05) is 23.3 Å². The highest BCUT2D eigenvalue weighted by Crippen LogP contribution is 2.26. The molecule has 0 bridgehead atoms. The largest absolute Gasteiger partial charge is 0.493 e. The first kappa shape index (κ1) is 15.3. The maximum Gasteiger partial charge on any atom is 0.145 e. The van der Waals surface area contributed by atoms with E-state index in [0.717, 1.165) is 35.6 Å². The van der Waals surface area contributed by atoms with E-state index >= 15 is 0 Å². The minimum absolute atomic E-state index is 0.310. The average Bonchev–Trinajstić information content (AvgIpc) is 2.90. The van der Waals surface area contributed by atoms with Crippen molar-refractivity contribution in [1.82, 2.24) is 10.3 Å². The SMILES string of the molecule is CCCOc1ccc(CCN)c(OCc2nonc2C)c1. The van der Waals surface area contributed by atoms with E-state index in [1.807, 2.05) is 25.1 Å². The van der Waals surface area contributed by atoms with Crippen LogP contribution in [0.4, 0.5) is 0 Å². The lowest BCUT2D eigenvalue weighted by atomic mass is 10.1. The van der Waals surface area contributed by atoms with E-state index in [1.165, 1.54) is 0 Å². The molecular weight excluding hydrogens is 270 g/mol. The Morgan fingerprint density at radius 2 is 2.10 bits per heavy atom. The minimum Gasteiger partial charge on any atom is -0.493 e. The van der Waals surface area contributed by atoms with Crippen molar-refractivity contribution < 1.29 is 14.1 Å². The fourth-order valence-electron chi connectivity index (χ4n) is 1.87. The second-order valence-electron chi connectivity index (χ2n) is 4.74. The minimum atomic E-state index is 0.310. The first-order valence-corrected chi connectivity index (χ1v) is 7.11. The molecule has 0 aliphatic heterocycles. The number of hydrogen-bond donors (Lipinski definition) is 1. The summed E-state index contributed by atoms with van der Waals surface area (Å²) in [5.41, 5.74) is 8.11. The Kier molecular flexibility index (Phi) is 5.57. The Morgan fingerprint density at radius 1 is 1.24 bits per heavy atom. The number of aryl methyl sites for hydroxylation is 1. The first-order chi connectivity index (χ1) is 10.2. The molecule has 0 saturated heterocycles. The van der Waals surface area contributed by atoms with E-state index in [-0.39, 0.29) is 0 Å². The van der Waals surface area contributed by atoms with Crippen LogP contribution in [0, 0.1) is 6.92 Å². The third-order valence-corrected chi connectivity index (χ3v) is 3.04. The number of hydrogen-bond acceptors (Lipinski definition) is 6. The van der Waals surface area contributed by atoms with Gasteiger partial charge in [0, 0.05) is 6.07 Å². The number of ether oxygens (including phenoxy) is 2. The maximum atomic E-state index is 5.84. The van der Waals surface area contributed by atoms with Crippen molar-refractivity contribution in [2.45, 2.75) is 33.3 Å². The van der Waals surface area contributed by atoms with Crippen LogP contribution < -0.4 is 15.2 Å². The molecule has 2 N–H and O–H groups in total. The molecule has 0 radical (unpaired) electrons. The van der Waals surface area contributed by atoms with Crippen LogP contribution in [-0.4, -0.2) is 23.5 Å². The molecule has 1 heterocycles. The van der Waals surface area contributed by atoms with Gasteiger partial charge in [-0.3, -0.25) is 0 Å². The van der Waals surface area contributed by atoms with Crippen LogP contribution in [0.15, 0.2) is 22.8 Å². The van der Waals surface area contributed by atoms with Crippen molar-refractivity contribution in [3.63, 3.8) is 0 Å². The molecule has 0 amide bonds. The van der Waals surface area contributed by atoms with Gasteiger partial charge in [0.05, 0.1) is 6.61 Å². The molecule has 21 heavy (non-hydrogen) atoms. The number of aromatic nitrogens is 2. The van der Waals surface area contributed by atoms with E-state index < -0.39 is 0 Å². The third kappa shape index (κ3) is 4.19. The molecule has 0 spiro atoms. The first-order valence-electron chi connectivity index (χ1n) is 7.11. The zero-order valence-corrected chi connectivity index (χ0v) is 12.5. The summed E-state index contributed by atoms with van der Waals surface area (Å²) in [6, 6.07) is 5.82. The molecule has 114 valence electrons. The topological polar surface area (TPSA) is 83.4 Å². The second kappa shape index (κ2) is 7.64. The molecule has 6 nitrogen and oxygen atoms in total. The molecule has 1 aromatic heterocycles. The number of rotatable bonds is 8. The normalized spacial score (nSPS) is 10.6. The summed E-state index contributed by atoms with van der Waals surface area (Å²) < 4.78 is 16.1. The number of benzene rings is 1. The molecule has 1 aromatic carbocycles. The van der Waals surface area contributed by atoms with E-state index in [2.05, 4.69) is 21.9 Å². The van der Waals surface area contributed by atoms with Crippen LogP contribution in [0.3, 0.4) is 0 Å². The van der Waals surface area contributed by atoms with Crippen molar-refractivity contribution in [3.05, 3.63) is 35.2 Å². The summed E-state index contributed by atoms with van der Waals surface area (Å²) in [5, 5.41) is 7.55. The Hall–Kier alpha value is -2.08. The molecule has 0 aliphatic rings. The lowest BCUT2D eigenvalue weighted by Crippen LogP contribution is -2.06. The predicted octanol–water partition coefficient (Wildman–Crippen LogP) is 2.25. The van der Waals surface area contributed by atoms with E-state index in [9.17, 15) is 0 Å². The molecule has 0 aliphatic carbocycles. The van der Waals surface area contributed by atoms with Crippen LogP contribution in [0.25, 0.3) is 0 Å². The Balaban J connectivity index is 2.11. The molecule has 6 heteroatoms. The van der Waals surface area contributed by atoms with Crippen molar-refractivity contribution in [2.24, 2.45) is 5.73 Å². The van der Waals surface area contributed by atoms with Crippen molar-refractivity contribution in [1.29, 1.82) is 0 Å². The molecule has 2 aromatic rings. The number of nitrogens with zero attached hydrogens (tertiary/aromatic N) is 2. The van der Waals surface area contributed by atoms with Gasteiger partial charge in [0.2, 0.25) is 0 Å². The van der Waals surface area contributed by atoms with Gasteiger partial charge in [0.25, 0.3) is 0 Å². The highest BCUT2D eigenvalue weighted by atomic mass is 16.6. The lowest BCUT2D eigenvalue weighted by Gasteiger charge is -2.13. The van der Waals surface area contributed by atoms with Crippen LogP contribution in [0.5, 0.6) is 11.5 Å². The summed E-state index contributed by atoms with van der Waals surface area (Å²) in [6.45, 7) is 5.46. The zero-order valence-electron chi connectivity index (χ0n) is 12.5. The predicted molar refractivity (Wildman–Crippen MR) is 78.4 cm³/mol. The van der Waals surface area contributed by atoms with Crippen molar-refractivity contribution >= 4 is 0 Å². The summed E-state index contributed by atoms with van der Waals surface area (Å²) in [4.78, 5) is 0. The molecular formula is C15H21N3O3. The molecule has 2 rings (SSSR count). The lowest BCUT2D eigenvalue weighted by molar-refractivity contribution is 0.266. The molecule has 0 fully saturated rings. The van der Waals surface area contributed by atoms with Gasteiger partial charge in [-0.15, -0.1) is 0 Å². The average molecular weight is 291 g/mol. The highest BCUT2D eigenvalue weighted by molar-refractivity contribution is 5.41. The Morgan fingerprint density at radius 3 is 2.76 bits per heavy atom. The summed E-state index contributed by atoms with van der Waals surface area (Å²) in [7, 11) is 0. The van der Waals surface area contributed by atoms with Crippen molar-refractivity contribution in [2.75, 3.05) is 13.2 Å². The van der Waals surface area contributed by atoms with Crippen LogP contribution in [-0.2, 0) is 13.0 Å². The fraction of sp³-hybridized carbons (Fsp3) is 0.467. The standard InChI is InChI=1S/C15H21N3O3/c1-3-8-19-13-5-4-12(6-7-16)15(9-13)20-10-14-11(2)17-21-18-14/h4-5,9H,3,6-8,10,16H2,1-2H3. The highest BCUT2D eigenvalue weighted by Gasteiger charge is 2.10. The Bertz CT molecular complexity index is 569. The molecule has 0 saturated carbocycles. The van der Waals surface area contributed by atoms with Crippen LogP contribution in [0.1, 0.15) is 30.3 Å². The van der Waals surface area contributed by atoms with Crippen LogP contribution >= 0.6 is 0 Å². The number of nitrogens with two attached hydrogens (primary N) is 1. The van der Waals surface area contributed by atoms with E-state index in [4.69, 9.17) is 15.2 Å². The summed E-state index contributed by atoms with van der Waals surface area (Å²) >= 11 is 0. The van der Waals surface area contributed by atoms with Gasteiger partial charge in [0.1, 0.15) is 29.5 Å². The monoisotopic (exact) mass is 291 g/mol. The van der Waals surface area contributed by atoms with Crippen molar-refractivity contribution in [3.8, 4) is 11.5 Å². The molecule has 0 unspecified atom stereocenters. The summed E-state index contributed by atoms with van der Waals surface area (Å²) in [6.07, 6.45) is 1.71. The maximum absolute atomic E-state index is 5.84. The van der Waals surface area contributed by atoms with Gasteiger partial charge in [-0.05, 0) is 37.9 Å². The van der Waals surface area contributed by atoms with Gasteiger partial charge >= 0.3 is 0 Å². The third-order valence-electron chi connectivity index (χ3n) is 3.04. The molecule has 0 atom stereocenters. The fourth-order valence-corrected chi connectivity index (χ4v) is 1.87.